The molecule has 1 unspecified atom stereocenters. The van der Waals surface area contributed by atoms with Crippen molar-refractivity contribution in [1.82, 2.24) is 29.8 Å². The molecule has 2 N–H and O–H groups in total. The second-order valence-electron chi connectivity index (χ2n) is 9.49. The minimum Gasteiger partial charge on any atom is -0.491 e. The van der Waals surface area contributed by atoms with Crippen LogP contribution in [0.1, 0.15) is 5.01 Å². The average Bonchev–Trinajstić information content (AvgIpc) is 3.68. The van der Waals surface area contributed by atoms with Crippen LogP contribution in [-0.2, 0) is 4.74 Å². The zero-order valence-electron chi connectivity index (χ0n) is 22.0. The lowest BCUT2D eigenvalue weighted by Crippen LogP contribution is -2.49. The molecule has 0 aliphatic carbocycles. The number of piperazine rings is 1. The lowest BCUT2D eigenvalue weighted by molar-refractivity contribution is 0.0842. The van der Waals surface area contributed by atoms with Crippen molar-refractivity contribution in [2.24, 2.45) is 15.8 Å². The summed E-state index contributed by atoms with van der Waals surface area (Å²) in [4.78, 5) is 33.6. The maximum atomic E-state index is 13.3. The quantitative estimate of drug-likeness (QED) is 0.361. The molecule has 206 valence electrons. The second-order valence-corrected chi connectivity index (χ2v) is 10.4. The van der Waals surface area contributed by atoms with Gasteiger partial charge in [-0.1, -0.05) is 0 Å². The van der Waals surface area contributed by atoms with Gasteiger partial charge < -0.3 is 14.4 Å². The van der Waals surface area contributed by atoms with Crippen molar-refractivity contribution in [2.75, 3.05) is 71.5 Å². The van der Waals surface area contributed by atoms with Crippen molar-refractivity contribution in [2.45, 2.75) is 6.29 Å². The highest BCUT2D eigenvalue weighted by Gasteiger charge is 2.51. The molecule has 39 heavy (non-hydrogen) atoms. The first-order valence-corrected chi connectivity index (χ1v) is 13.8. The van der Waals surface area contributed by atoms with Crippen LogP contribution < -0.4 is 15.5 Å². The van der Waals surface area contributed by atoms with Crippen LogP contribution in [-0.4, -0.2) is 121 Å². The number of anilines is 1. The predicted molar refractivity (Wildman–Crippen MR) is 149 cm³/mol. The normalized spacial score (nSPS) is 21.2. The van der Waals surface area contributed by atoms with Crippen LogP contribution in [0.15, 0.2) is 51.5 Å². The standard InChI is InChI=1S/C25H32N10O3S/c1-30-25(36)33(24-29-22-21(35(24)30)20(28-17-34(22)26)23-27-7-16-39-23)13-10-31-8-11-32(12-9-31)18-3-5-19(6-4-18)38-15-14-37-2/h3-7,16-17,24H,8-15,26H2,1-2H3. The number of nitrogens with two attached hydrogens (primary N) is 1. The molecule has 4 aliphatic heterocycles. The molecular weight excluding hydrogens is 520 g/mol. The molecule has 0 radical (unpaired) electrons. The molecule has 2 aromatic rings. The molecule has 4 aliphatic rings. The Morgan fingerprint density at radius 3 is 2.62 bits per heavy atom. The van der Waals surface area contributed by atoms with Crippen molar-refractivity contribution in [3.05, 3.63) is 46.5 Å². The Labute approximate surface area is 230 Å². The third-order valence-corrected chi connectivity index (χ3v) is 8.00. The van der Waals surface area contributed by atoms with E-state index in [1.54, 1.807) is 30.3 Å². The number of ether oxygens (including phenoxy) is 2. The number of carbonyl (C=O) groups is 1. The van der Waals surface area contributed by atoms with Gasteiger partial charge in [0.1, 0.15) is 35.1 Å². The summed E-state index contributed by atoms with van der Waals surface area (Å²) >= 11 is 1.49. The van der Waals surface area contributed by atoms with Crippen molar-refractivity contribution < 1.29 is 14.3 Å². The molecule has 1 aromatic carbocycles. The van der Waals surface area contributed by atoms with Gasteiger partial charge in [0, 0.05) is 70.7 Å². The van der Waals surface area contributed by atoms with Crippen LogP contribution >= 0.6 is 11.3 Å². The Bertz CT molecular complexity index is 1270. The number of amidine groups is 1. The first-order valence-electron chi connectivity index (χ1n) is 12.9. The van der Waals surface area contributed by atoms with Crippen LogP contribution in [0.25, 0.3) is 5.70 Å². The van der Waals surface area contributed by atoms with E-state index in [9.17, 15) is 4.79 Å². The van der Waals surface area contributed by atoms with Crippen LogP contribution in [0.5, 0.6) is 5.75 Å². The maximum absolute atomic E-state index is 13.3. The van der Waals surface area contributed by atoms with Gasteiger partial charge in [-0.05, 0) is 24.3 Å². The molecule has 13 nitrogen and oxygen atoms in total. The number of hydrogen-bond donors (Lipinski definition) is 1. The summed E-state index contributed by atoms with van der Waals surface area (Å²) in [5, 5.41) is 7.52. The number of aliphatic imine (C=N–C) groups is 2. The molecule has 0 spiro atoms. The van der Waals surface area contributed by atoms with Crippen molar-refractivity contribution in [1.29, 1.82) is 0 Å². The molecule has 6 rings (SSSR count). The zero-order valence-corrected chi connectivity index (χ0v) is 22.8. The summed E-state index contributed by atoms with van der Waals surface area (Å²) in [5.41, 5.74) is 2.55. The number of hydrazine groups is 2. The smallest absolute Gasteiger partial charge is 0.341 e. The number of methoxy groups -OCH3 is 1. The molecule has 14 heteroatoms. The summed E-state index contributed by atoms with van der Waals surface area (Å²) in [7, 11) is 3.42. The predicted octanol–water partition coefficient (Wildman–Crippen LogP) is 1.16. The van der Waals surface area contributed by atoms with E-state index < -0.39 is 6.29 Å². The third-order valence-electron chi connectivity index (χ3n) is 7.22. The molecule has 0 bridgehead atoms. The number of thiazole rings is 1. The van der Waals surface area contributed by atoms with Crippen LogP contribution in [0, 0.1) is 0 Å². The molecule has 0 saturated carbocycles. The summed E-state index contributed by atoms with van der Waals surface area (Å²) in [5.74, 6) is 7.60. The van der Waals surface area contributed by atoms with Gasteiger partial charge in [0.25, 0.3) is 0 Å². The van der Waals surface area contributed by atoms with Crippen molar-refractivity contribution >= 4 is 40.9 Å². The van der Waals surface area contributed by atoms with Gasteiger partial charge in [0.15, 0.2) is 5.84 Å². The number of carbonyl (C=O) groups excluding carboxylic acids is 1. The van der Waals surface area contributed by atoms with E-state index in [0.717, 1.165) is 43.5 Å². The highest BCUT2D eigenvalue weighted by atomic mass is 32.1. The summed E-state index contributed by atoms with van der Waals surface area (Å²) in [6.07, 6.45) is 2.77. The van der Waals surface area contributed by atoms with Gasteiger partial charge in [0.2, 0.25) is 6.29 Å². The molecular formula is C25H32N10O3S. The van der Waals surface area contributed by atoms with E-state index in [4.69, 9.17) is 20.3 Å². The SMILES string of the molecule is COCCOc1ccc(N2CCN(CCN3C(=O)N(C)N4C5=C(c6nccs6)N=CN(N)C5=NC34)CC2)cc1. The van der Waals surface area contributed by atoms with Gasteiger partial charge >= 0.3 is 6.03 Å². The van der Waals surface area contributed by atoms with Crippen molar-refractivity contribution in [3.63, 3.8) is 0 Å². The van der Waals surface area contributed by atoms with E-state index in [0.29, 0.717) is 37.0 Å². The number of aromatic nitrogens is 1. The van der Waals surface area contributed by atoms with Gasteiger partial charge in [-0.15, -0.1) is 11.3 Å². The first kappa shape index (κ1) is 25.6. The number of benzene rings is 1. The van der Waals surface area contributed by atoms with Crippen molar-refractivity contribution in [3.8, 4) is 5.75 Å². The molecule has 2 fully saturated rings. The summed E-state index contributed by atoms with van der Waals surface area (Å²) in [6, 6.07) is 8.11. The molecule has 5 heterocycles. The Kier molecular flexibility index (Phi) is 7.08. The molecule has 1 atom stereocenters. The number of urea groups is 1. The highest BCUT2D eigenvalue weighted by Crippen LogP contribution is 2.38. The Morgan fingerprint density at radius 2 is 1.90 bits per heavy atom. The number of rotatable bonds is 9. The highest BCUT2D eigenvalue weighted by molar-refractivity contribution is 7.10. The van der Waals surface area contributed by atoms with Crippen LogP contribution in [0.3, 0.4) is 0 Å². The topological polar surface area (TPSA) is 119 Å². The van der Waals surface area contributed by atoms with Gasteiger partial charge in [-0.3, -0.25) is 9.80 Å². The second kappa shape index (κ2) is 10.8. The van der Waals surface area contributed by atoms with Crippen LogP contribution in [0.4, 0.5) is 10.5 Å². The maximum Gasteiger partial charge on any atom is 0.341 e. The lowest BCUT2D eigenvalue weighted by Gasteiger charge is -2.36. The number of hydrogen-bond acceptors (Lipinski definition) is 12. The van der Waals surface area contributed by atoms with Gasteiger partial charge in [0.05, 0.1) is 6.61 Å². The fraction of sp³-hybridized carbons (Fsp3) is 0.440. The summed E-state index contributed by atoms with van der Waals surface area (Å²) in [6.45, 7) is 6.08. The van der Waals surface area contributed by atoms with E-state index in [2.05, 4.69) is 31.9 Å². The monoisotopic (exact) mass is 552 g/mol. The van der Waals surface area contributed by atoms with Gasteiger partial charge in [-0.25, -0.2) is 40.6 Å². The van der Waals surface area contributed by atoms with E-state index in [1.165, 1.54) is 28.4 Å². The van der Waals surface area contributed by atoms with E-state index >= 15 is 0 Å². The average molecular weight is 553 g/mol. The summed E-state index contributed by atoms with van der Waals surface area (Å²) < 4.78 is 10.7. The molecule has 1 aromatic heterocycles. The Balaban J connectivity index is 1.07. The Hall–Kier alpha value is -3.72. The Morgan fingerprint density at radius 1 is 1.10 bits per heavy atom. The van der Waals surface area contributed by atoms with E-state index in [-0.39, 0.29) is 6.03 Å². The number of fused-ring (bicyclic) bond motifs is 3. The minimum absolute atomic E-state index is 0.0987. The third kappa shape index (κ3) is 4.80. The van der Waals surface area contributed by atoms with Gasteiger partial charge in [-0.2, -0.15) is 0 Å². The fourth-order valence-electron chi connectivity index (χ4n) is 5.15. The molecule has 2 amide bonds. The largest absolute Gasteiger partial charge is 0.491 e. The molecule has 2 saturated heterocycles. The number of nitrogens with zero attached hydrogens (tertiary/aromatic N) is 9. The zero-order chi connectivity index (χ0) is 26.9. The first-order chi connectivity index (χ1) is 19.0. The number of amides is 2. The fourth-order valence-corrected chi connectivity index (χ4v) is 5.78. The minimum atomic E-state index is -0.499. The van der Waals surface area contributed by atoms with Crippen LogP contribution in [0.2, 0.25) is 0 Å². The van der Waals surface area contributed by atoms with E-state index in [1.807, 2.05) is 22.5 Å². The lowest BCUT2D eigenvalue weighted by atomic mass is 10.2.